The lowest BCUT2D eigenvalue weighted by molar-refractivity contribution is 0.620. The second-order valence-electron chi connectivity index (χ2n) is 13.6. The number of aromatic nitrogens is 1. The van der Waals surface area contributed by atoms with Gasteiger partial charge in [-0.3, -0.25) is 0 Å². The first-order valence-electron chi connectivity index (χ1n) is 17.0. The first kappa shape index (κ1) is 28.6. The highest BCUT2D eigenvalue weighted by Gasteiger charge is 2.36. The van der Waals surface area contributed by atoms with Gasteiger partial charge in [-0.2, -0.15) is 0 Å². The monoisotopic (exact) mass is 644 g/mol. The van der Waals surface area contributed by atoms with E-state index in [1.807, 2.05) is 42.5 Å². The van der Waals surface area contributed by atoms with Crippen molar-refractivity contribution in [2.24, 2.45) is 0 Å². The van der Waals surface area contributed by atoms with E-state index in [4.69, 9.17) is 13.8 Å². The van der Waals surface area contributed by atoms with Gasteiger partial charge in [-0.15, -0.1) is 0 Å². The van der Waals surface area contributed by atoms with Gasteiger partial charge in [0.1, 0.15) is 16.8 Å². The number of rotatable bonds is 5. The Balaban J connectivity index is 1.30. The van der Waals surface area contributed by atoms with E-state index in [2.05, 4.69) is 134 Å². The van der Waals surface area contributed by atoms with E-state index in [1.54, 1.807) is 0 Å². The van der Waals surface area contributed by atoms with Crippen LogP contribution in [0.1, 0.15) is 25.0 Å². The highest BCUT2D eigenvalue weighted by Crippen LogP contribution is 2.52. The predicted octanol–water partition coefficient (Wildman–Crippen LogP) is 12.8. The van der Waals surface area contributed by atoms with Gasteiger partial charge in [0.15, 0.2) is 11.2 Å². The highest BCUT2D eigenvalue weighted by molar-refractivity contribution is 6.18. The van der Waals surface area contributed by atoms with E-state index in [0.717, 1.165) is 61.2 Å². The molecule has 0 saturated carbocycles. The van der Waals surface area contributed by atoms with Gasteiger partial charge in [0.25, 0.3) is 0 Å². The number of benzene rings is 7. The van der Waals surface area contributed by atoms with E-state index in [9.17, 15) is 0 Å². The molecule has 10 rings (SSSR count). The van der Waals surface area contributed by atoms with E-state index in [1.165, 1.54) is 22.3 Å². The summed E-state index contributed by atoms with van der Waals surface area (Å²) in [5.41, 5.74) is 14.1. The molecular weight excluding hydrogens is 613 g/mol. The van der Waals surface area contributed by atoms with Crippen molar-refractivity contribution >= 4 is 50.1 Å². The Bertz CT molecular complexity index is 2740. The van der Waals surface area contributed by atoms with Gasteiger partial charge < -0.3 is 13.7 Å². The Kier molecular flexibility index (Phi) is 6.19. The number of hydrogen-bond acceptors (Lipinski definition) is 4. The molecule has 1 aliphatic carbocycles. The molecule has 0 radical (unpaired) electrons. The zero-order valence-corrected chi connectivity index (χ0v) is 27.7. The number of furan rings is 1. The van der Waals surface area contributed by atoms with Crippen LogP contribution in [0.2, 0.25) is 0 Å². The number of nitrogens with zero attached hydrogens (tertiary/aromatic N) is 2. The summed E-state index contributed by atoms with van der Waals surface area (Å²) in [7, 11) is 0. The Morgan fingerprint density at radius 2 is 1.18 bits per heavy atom. The lowest BCUT2D eigenvalue weighted by Crippen LogP contribution is -2.16. The molecule has 0 fully saturated rings. The van der Waals surface area contributed by atoms with Gasteiger partial charge in [0, 0.05) is 33.1 Å². The van der Waals surface area contributed by atoms with Crippen molar-refractivity contribution in [1.82, 2.24) is 4.98 Å². The Morgan fingerprint density at radius 1 is 0.500 bits per heavy atom. The quantitative estimate of drug-likeness (QED) is 0.187. The zero-order chi connectivity index (χ0) is 33.4. The van der Waals surface area contributed by atoms with Gasteiger partial charge in [0.05, 0.1) is 0 Å². The summed E-state index contributed by atoms with van der Waals surface area (Å²) in [6, 6.07) is 55.3. The first-order chi connectivity index (χ1) is 24.5. The summed E-state index contributed by atoms with van der Waals surface area (Å²) >= 11 is 0. The summed E-state index contributed by atoms with van der Waals surface area (Å²) in [6.45, 7) is 4.65. The molecule has 9 aromatic rings. The van der Waals surface area contributed by atoms with E-state index < -0.39 is 0 Å². The summed E-state index contributed by atoms with van der Waals surface area (Å²) in [5, 5.41) is 2.02. The second kappa shape index (κ2) is 10.8. The average Bonchev–Trinajstić information content (AvgIpc) is 3.83. The smallest absolute Gasteiger partial charge is 0.227 e. The lowest BCUT2D eigenvalue weighted by atomic mass is 9.82. The van der Waals surface area contributed by atoms with Crippen molar-refractivity contribution < 1.29 is 8.83 Å². The average molecular weight is 645 g/mol. The minimum absolute atomic E-state index is 0.172. The molecule has 0 N–H and O–H groups in total. The molecule has 0 saturated heterocycles. The number of anilines is 3. The topological polar surface area (TPSA) is 42.4 Å². The molecule has 1 aliphatic rings. The van der Waals surface area contributed by atoms with E-state index >= 15 is 0 Å². The molecule has 0 atom stereocenters. The summed E-state index contributed by atoms with van der Waals surface area (Å²) in [4.78, 5) is 7.54. The normalized spacial score (nSPS) is 13.2. The third kappa shape index (κ3) is 4.28. The van der Waals surface area contributed by atoms with Crippen LogP contribution in [0, 0.1) is 0 Å². The molecule has 7 aromatic carbocycles. The van der Waals surface area contributed by atoms with Crippen LogP contribution in [0.5, 0.6) is 0 Å². The predicted molar refractivity (Wildman–Crippen MR) is 204 cm³/mol. The van der Waals surface area contributed by atoms with Crippen LogP contribution in [0.3, 0.4) is 0 Å². The van der Waals surface area contributed by atoms with E-state index in [0.29, 0.717) is 11.5 Å². The molecule has 2 heterocycles. The van der Waals surface area contributed by atoms with Crippen molar-refractivity contribution in [2.75, 3.05) is 4.90 Å². The first-order valence-corrected chi connectivity index (χ1v) is 17.0. The maximum absolute atomic E-state index is 6.81. The molecule has 0 aliphatic heterocycles. The van der Waals surface area contributed by atoms with Gasteiger partial charge >= 0.3 is 0 Å². The van der Waals surface area contributed by atoms with Crippen molar-refractivity contribution in [3.8, 4) is 33.7 Å². The molecule has 0 spiro atoms. The van der Waals surface area contributed by atoms with E-state index in [-0.39, 0.29) is 5.41 Å². The molecule has 0 bridgehead atoms. The van der Waals surface area contributed by atoms with Gasteiger partial charge in [0.2, 0.25) is 5.89 Å². The highest BCUT2D eigenvalue weighted by atomic mass is 16.4. The van der Waals surface area contributed by atoms with Gasteiger partial charge in [-0.05, 0) is 81.9 Å². The molecule has 4 nitrogen and oxygen atoms in total. The van der Waals surface area contributed by atoms with Gasteiger partial charge in [-0.25, -0.2) is 4.98 Å². The third-order valence-corrected chi connectivity index (χ3v) is 10.3. The largest absolute Gasteiger partial charge is 0.454 e. The van der Waals surface area contributed by atoms with Gasteiger partial charge in [-0.1, -0.05) is 123 Å². The van der Waals surface area contributed by atoms with Crippen LogP contribution in [0.4, 0.5) is 17.1 Å². The minimum atomic E-state index is -0.172. The SMILES string of the molecule is CC1(C)c2ccccc2-c2ccc(N(c3cccc(-c4ccccc4)c3)c3c4nc(-c5ccccc5)oc4cc4c3oc3ccccc34)cc21. The fourth-order valence-corrected chi connectivity index (χ4v) is 7.83. The summed E-state index contributed by atoms with van der Waals surface area (Å²) in [5.74, 6) is 0.572. The zero-order valence-electron chi connectivity index (χ0n) is 27.7. The minimum Gasteiger partial charge on any atom is -0.454 e. The number of hydrogen-bond donors (Lipinski definition) is 0. The lowest BCUT2D eigenvalue weighted by Gasteiger charge is -2.28. The standard InChI is InChI=1S/C46H32N2O2/c1-46(2)38-22-11-9-20-34(38)35-25-24-33(27-39(35)46)48(32-19-13-18-31(26-32)29-14-5-3-6-15-29)43-42-41(50-45(47-42)30-16-7-4-8-17-30)28-37-36-21-10-12-23-40(36)49-44(37)43/h3-28H,1-2H3. The molecule has 50 heavy (non-hydrogen) atoms. The second-order valence-corrected chi connectivity index (χ2v) is 13.6. The Morgan fingerprint density at radius 3 is 2.02 bits per heavy atom. The number of oxazole rings is 1. The van der Waals surface area contributed by atoms with Crippen LogP contribution in [-0.4, -0.2) is 4.98 Å². The maximum Gasteiger partial charge on any atom is 0.227 e. The van der Waals surface area contributed by atoms with Crippen LogP contribution < -0.4 is 4.90 Å². The molecule has 4 heteroatoms. The van der Waals surface area contributed by atoms with Crippen molar-refractivity contribution in [2.45, 2.75) is 19.3 Å². The summed E-state index contributed by atoms with van der Waals surface area (Å²) in [6.07, 6.45) is 0. The molecule has 238 valence electrons. The number of fused-ring (bicyclic) bond motifs is 7. The Labute approximate surface area is 289 Å². The fourth-order valence-electron chi connectivity index (χ4n) is 7.83. The summed E-state index contributed by atoms with van der Waals surface area (Å²) < 4.78 is 13.4. The third-order valence-electron chi connectivity index (χ3n) is 10.3. The molecule has 2 aromatic heterocycles. The van der Waals surface area contributed by atoms with Crippen LogP contribution in [0.25, 0.3) is 66.7 Å². The number of para-hydroxylation sites is 1. The molecule has 0 unspecified atom stereocenters. The molecular formula is C46H32N2O2. The van der Waals surface area contributed by atoms with Crippen molar-refractivity contribution in [1.29, 1.82) is 0 Å². The van der Waals surface area contributed by atoms with Crippen LogP contribution >= 0.6 is 0 Å². The Hall–Kier alpha value is -6.39. The fraction of sp³-hybridized carbons (Fsp3) is 0.0652. The van der Waals surface area contributed by atoms with Crippen LogP contribution in [-0.2, 0) is 5.41 Å². The molecule has 0 amide bonds. The van der Waals surface area contributed by atoms with Crippen LogP contribution in [0.15, 0.2) is 167 Å². The maximum atomic E-state index is 6.81. The van der Waals surface area contributed by atoms with Crippen molar-refractivity contribution in [3.05, 3.63) is 169 Å². The van der Waals surface area contributed by atoms with Crippen molar-refractivity contribution in [3.63, 3.8) is 0 Å².